The largest absolute Gasteiger partial charge is 0.480 e. The maximum Gasteiger partial charge on any atom is 0.326 e. The SMILES string of the molecule is O=C(O)C1C2CCCC2CN1C(=O)N1CCSCC1. The van der Waals surface area contributed by atoms with Crippen molar-refractivity contribution in [2.75, 3.05) is 31.1 Å². The first-order chi connectivity index (χ1) is 9.18. The fourth-order valence-electron chi connectivity index (χ4n) is 3.76. The Kier molecular flexibility index (Phi) is 3.60. The topological polar surface area (TPSA) is 60.9 Å². The number of urea groups is 1. The normalized spacial score (nSPS) is 34.4. The summed E-state index contributed by atoms with van der Waals surface area (Å²) < 4.78 is 0. The molecule has 2 saturated heterocycles. The number of hydrogen-bond donors (Lipinski definition) is 1. The fourth-order valence-corrected chi connectivity index (χ4v) is 4.66. The van der Waals surface area contributed by atoms with Crippen molar-refractivity contribution in [2.45, 2.75) is 25.3 Å². The smallest absolute Gasteiger partial charge is 0.326 e. The van der Waals surface area contributed by atoms with Gasteiger partial charge in [0, 0.05) is 31.1 Å². The summed E-state index contributed by atoms with van der Waals surface area (Å²) in [6, 6.07) is -0.642. The van der Waals surface area contributed by atoms with E-state index in [1.807, 2.05) is 16.7 Å². The van der Waals surface area contributed by atoms with Crippen molar-refractivity contribution in [1.29, 1.82) is 0 Å². The molecule has 1 saturated carbocycles. The number of carboxylic acid groups (broad SMARTS) is 1. The second-order valence-corrected chi connectivity index (χ2v) is 6.90. The van der Waals surface area contributed by atoms with Gasteiger partial charge in [0.2, 0.25) is 0 Å². The van der Waals surface area contributed by atoms with E-state index in [1.165, 1.54) is 0 Å². The van der Waals surface area contributed by atoms with E-state index in [0.29, 0.717) is 12.5 Å². The molecule has 1 aliphatic carbocycles. The Morgan fingerprint density at radius 2 is 1.89 bits per heavy atom. The molecule has 0 aromatic rings. The molecule has 106 valence electrons. The van der Waals surface area contributed by atoms with Gasteiger partial charge in [0.1, 0.15) is 6.04 Å². The third-order valence-electron chi connectivity index (χ3n) is 4.67. The average Bonchev–Trinajstić information content (AvgIpc) is 2.98. The number of fused-ring (bicyclic) bond motifs is 1. The lowest BCUT2D eigenvalue weighted by Crippen LogP contribution is -2.51. The Morgan fingerprint density at radius 1 is 1.16 bits per heavy atom. The first-order valence-corrected chi connectivity index (χ1v) is 8.20. The first kappa shape index (κ1) is 13.1. The Hall–Kier alpha value is -0.910. The van der Waals surface area contributed by atoms with Crippen LogP contribution >= 0.6 is 11.8 Å². The number of likely N-dealkylation sites (tertiary alicyclic amines) is 1. The summed E-state index contributed by atoms with van der Waals surface area (Å²) >= 11 is 1.85. The summed E-state index contributed by atoms with van der Waals surface area (Å²) in [6.07, 6.45) is 3.15. The Morgan fingerprint density at radius 3 is 2.58 bits per heavy atom. The molecule has 3 fully saturated rings. The molecule has 6 heteroatoms. The molecular formula is C13H20N2O3S. The van der Waals surface area contributed by atoms with Crippen molar-refractivity contribution in [3.05, 3.63) is 0 Å². The fraction of sp³-hybridized carbons (Fsp3) is 0.846. The van der Waals surface area contributed by atoms with E-state index in [0.717, 1.165) is 43.9 Å². The van der Waals surface area contributed by atoms with Crippen LogP contribution in [0, 0.1) is 11.8 Å². The minimum atomic E-state index is -0.825. The molecule has 0 aromatic heterocycles. The average molecular weight is 284 g/mol. The summed E-state index contributed by atoms with van der Waals surface area (Å²) in [5, 5.41) is 9.46. The highest BCUT2D eigenvalue weighted by atomic mass is 32.2. The minimum absolute atomic E-state index is 0.0536. The van der Waals surface area contributed by atoms with E-state index < -0.39 is 12.0 Å². The van der Waals surface area contributed by atoms with Crippen LogP contribution in [0.2, 0.25) is 0 Å². The maximum atomic E-state index is 12.5. The molecule has 1 N–H and O–H groups in total. The second-order valence-electron chi connectivity index (χ2n) is 5.67. The van der Waals surface area contributed by atoms with Gasteiger partial charge in [-0.3, -0.25) is 0 Å². The summed E-state index contributed by atoms with van der Waals surface area (Å²) in [5.41, 5.74) is 0. The summed E-state index contributed by atoms with van der Waals surface area (Å²) in [6.45, 7) is 2.15. The van der Waals surface area contributed by atoms with Crippen LogP contribution in [0.1, 0.15) is 19.3 Å². The van der Waals surface area contributed by atoms with Gasteiger partial charge in [-0.25, -0.2) is 9.59 Å². The highest BCUT2D eigenvalue weighted by Gasteiger charge is 2.50. The van der Waals surface area contributed by atoms with Crippen LogP contribution in [0.4, 0.5) is 4.79 Å². The van der Waals surface area contributed by atoms with Crippen molar-refractivity contribution >= 4 is 23.8 Å². The lowest BCUT2D eigenvalue weighted by Gasteiger charge is -2.33. The van der Waals surface area contributed by atoms with Gasteiger partial charge < -0.3 is 14.9 Å². The standard InChI is InChI=1S/C13H20N2O3S/c16-12(17)11-10-3-1-2-9(10)8-15(11)13(18)14-4-6-19-7-5-14/h9-11H,1-8H2,(H,16,17). The van der Waals surface area contributed by atoms with Crippen molar-refractivity contribution in [2.24, 2.45) is 11.8 Å². The van der Waals surface area contributed by atoms with Gasteiger partial charge in [-0.1, -0.05) is 6.42 Å². The number of rotatable bonds is 1. The summed E-state index contributed by atoms with van der Waals surface area (Å²) in [5.74, 6) is 1.69. The van der Waals surface area contributed by atoms with Crippen LogP contribution in [0.25, 0.3) is 0 Å². The minimum Gasteiger partial charge on any atom is -0.480 e. The predicted octanol–water partition coefficient (Wildman–Crippen LogP) is 1.34. The number of aliphatic carboxylic acids is 1. The van der Waals surface area contributed by atoms with Gasteiger partial charge in [0.25, 0.3) is 0 Å². The third-order valence-corrected chi connectivity index (χ3v) is 5.61. The molecule has 3 aliphatic rings. The van der Waals surface area contributed by atoms with E-state index >= 15 is 0 Å². The monoisotopic (exact) mass is 284 g/mol. The maximum absolute atomic E-state index is 12.5. The molecule has 5 nitrogen and oxygen atoms in total. The van der Waals surface area contributed by atoms with Crippen molar-refractivity contribution in [3.8, 4) is 0 Å². The zero-order chi connectivity index (χ0) is 13.4. The highest BCUT2D eigenvalue weighted by Crippen LogP contribution is 2.42. The van der Waals surface area contributed by atoms with E-state index in [-0.39, 0.29) is 11.9 Å². The van der Waals surface area contributed by atoms with Crippen LogP contribution in [0.15, 0.2) is 0 Å². The van der Waals surface area contributed by atoms with Gasteiger partial charge in [-0.2, -0.15) is 11.8 Å². The van der Waals surface area contributed by atoms with Crippen LogP contribution < -0.4 is 0 Å². The number of hydrogen-bond acceptors (Lipinski definition) is 3. The van der Waals surface area contributed by atoms with Gasteiger partial charge in [0.05, 0.1) is 0 Å². The molecule has 0 bridgehead atoms. The van der Waals surface area contributed by atoms with Gasteiger partial charge in [-0.05, 0) is 24.7 Å². The number of carboxylic acids is 1. The van der Waals surface area contributed by atoms with Gasteiger partial charge in [-0.15, -0.1) is 0 Å². The van der Waals surface area contributed by atoms with Crippen LogP contribution in [0.3, 0.4) is 0 Å². The molecule has 3 unspecified atom stereocenters. The number of carbonyl (C=O) groups excluding carboxylic acids is 1. The van der Waals surface area contributed by atoms with E-state index in [2.05, 4.69) is 0 Å². The third kappa shape index (κ3) is 2.30. The van der Waals surface area contributed by atoms with Crippen LogP contribution in [-0.4, -0.2) is 64.1 Å². The lowest BCUT2D eigenvalue weighted by molar-refractivity contribution is -0.142. The molecule has 2 amide bonds. The van der Waals surface area contributed by atoms with Crippen molar-refractivity contribution in [3.63, 3.8) is 0 Å². The Labute approximate surface area is 117 Å². The molecule has 3 rings (SSSR count). The Balaban J connectivity index is 1.75. The van der Waals surface area contributed by atoms with E-state index in [4.69, 9.17) is 0 Å². The van der Waals surface area contributed by atoms with Crippen molar-refractivity contribution < 1.29 is 14.7 Å². The number of amides is 2. The molecule has 3 atom stereocenters. The first-order valence-electron chi connectivity index (χ1n) is 7.04. The zero-order valence-electron chi connectivity index (χ0n) is 11.0. The number of nitrogens with zero attached hydrogens (tertiary/aromatic N) is 2. The highest BCUT2D eigenvalue weighted by molar-refractivity contribution is 7.99. The molecule has 0 aromatic carbocycles. The zero-order valence-corrected chi connectivity index (χ0v) is 11.8. The van der Waals surface area contributed by atoms with Crippen LogP contribution in [-0.2, 0) is 4.79 Å². The van der Waals surface area contributed by atoms with Gasteiger partial charge in [0.15, 0.2) is 0 Å². The quantitative estimate of drug-likeness (QED) is 0.789. The lowest BCUT2D eigenvalue weighted by atomic mass is 9.94. The second kappa shape index (κ2) is 5.23. The number of carbonyl (C=O) groups is 2. The van der Waals surface area contributed by atoms with Crippen LogP contribution in [0.5, 0.6) is 0 Å². The summed E-state index contributed by atoms with van der Waals surface area (Å²) in [7, 11) is 0. The van der Waals surface area contributed by atoms with E-state index in [9.17, 15) is 14.7 Å². The Bertz CT molecular complexity index is 384. The molecule has 0 radical (unpaired) electrons. The molecule has 19 heavy (non-hydrogen) atoms. The van der Waals surface area contributed by atoms with Gasteiger partial charge >= 0.3 is 12.0 Å². The van der Waals surface area contributed by atoms with E-state index in [1.54, 1.807) is 4.90 Å². The summed E-state index contributed by atoms with van der Waals surface area (Å²) in [4.78, 5) is 27.5. The molecule has 2 aliphatic heterocycles. The van der Waals surface area contributed by atoms with Crippen molar-refractivity contribution in [1.82, 2.24) is 9.80 Å². The molecule has 0 spiro atoms. The number of thioether (sulfide) groups is 1. The molecule has 2 heterocycles. The predicted molar refractivity (Wildman–Crippen MR) is 73.3 cm³/mol. The molecular weight excluding hydrogens is 264 g/mol.